The van der Waals surface area contributed by atoms with Gasteiger partial charge in [0.1, 0.15) is 5.38 Å². The normalized spacial score (nSPS) is 16.5. The van der Waals surface area contributed by atoms with Crippen molar-refractivity contribution in [3.05, 3.63) is 0 Å². The number of carbonyl (C=O) groups excluding carboxylic acids is 1. The number of carbonyl (C=O) groups is 1. The summed E-state index contributed by atoms with van der Waals surface area (Å²) in [6, 6.07) is 0. The molecule has 2 atom stereocenters. The molecule has 0 fully saturated rings. The van der Waals surface area contributed by atoms with Crippen molar-refractivity contribution in [2.75, 3.05) is 7.11 Å². The fourth-order valence-corrected chi connectivity index (χ4v) is 1.29. The quantitative estimate of drug-likeness (QED) is 0.648. The van der Waals surface area contributed by atoms with E-state index in [4.69, 9.17) is 22.1 Å². The molecule has 2 unspecified atom stereocenters. The van der Waals surface area contributed by atoms with Gasteiger partial charge in [-0.05, 0) is 5.92 Å². The van der Waals surface area contributed by atoms with Gasteiger partial charge in [-0.2, -0.15) is 0 Å². The number of ether oxygens (including phenoxy) is 1. The van der Waals surface area contributed by atoms with E-state index in [-0.39, 0.29) is 12.0 Å². The van der Waals surface area contributed by atoms with Crippen molar-refractivity contribution in [1.82, 2.24) is 0 Å². The van der Waals surface area contributed by atoms with Crippen LogP contribution in [0.1, 0.15) is 13.8 Å². The van der Waals surface area contributed by atoms with Crippen molar-refractivity contribution < 1.29 is 9.53 Å². The van der Waals surface area contributed by atoms with Crippen LogP contribution in [0.15, 0.2) is 0 Å². The third kappa shape index (κ3) is 3.08. The number of hydrogen-bond donors (Lipinski definition) is 1. The zero-order valence-corrected chi connectivity index (χ0v) is 7.76. The van der Waals surface area contributed by atoms with Crippen molar-refractivity contribution in [3.8, 4) is 0 Å². The Labute approximate surface area is 71.8 Å². The molecule has 2 N–H and O–H groups in total. The molecule has 3 nitrogen and oxygen atoms in total. The summed E-state index contributed by atoms with van der Waals surface area (Å²) in [5.41, 5.74) is 5.00. The van der Waals surface area contributed by atoms with E-state index in [2.05, 4.69) is 0 Å². The van der Waals surface area contributed by atoms with Crippen LogP contribution in [0, 0.1) is 5.92 Å². The predicted octanol–water partition coefficient (Wildman–Crippen LogP) is 0.750. The van der Waals surface area contributed by atoms with Crippen molar-refractivity contribution in [3.63, 3.8) is 0 Å². The van der Waals surface area contributed by atoms with E-state index in [0.717, 1.165) is 0 Å². The molecular weight excluding hydrogens is 166 g/mol. The van der Waals surface area contributed by atoms with Gasteiger partial charge >= 0.3 is 0 Å². The summed E-state index contributed by atoms with van der Waals surface area (Å²) in [4.78, 5) is 10.6. The maximum Gasteiger partial charge on any atom is 0.238 e. The first-order valence-electron chi connectivity index (χ1n) is 3.47. The third-order valence-electron chi connectivity index (χ3n) is 1.49. The van der Waals surface area contributed by atoms with Crippen LogP contribution in [0.5, 0.6) is 0 Å². The van der Waals surface area contributed by atoms with Gasteiger partial charge in [-0.15, -0.1) is 11.6 Å². The number of halogens is 1. The Kier molecular flexibility index (Phi) is 4.45. The molecule has 0 aliphatic carbocycles. The zero-order chi connectivity index (χ0) is 9.02. The fourth-order valence-electron chi connectivity index (χ4n) is 0.891. The molecule has 0 saturated heterocycles. The van der Waals surface area contributed by atoms with Gasteiger partial charge in [0, 0.05) is 7.11 Å². The van der Waals surface area contributed by atoms with E-state index in [1.807, 2.05) is 13.8 Å². The van der Waals surface area contributed by atoms with Crippen molar-refractivity contribution >= 4 is 17.5 Å². The van der Waals surface area contributed by atoms with E-state index >= 15 is 0 Å². The second-order valence-electron chi connectivity index (χ2n) is 2.75. The first-order chi connectivity index (χ1) is 5.00. The molecule has 0 radical (unpaired) electrons. The number of methoxy groups -OCH3 is 1. The van der Waals surface area contributed by atoms with Crippen LogP contribution in [0.25, 0.3) is 0 Å². The van der Waals surface area contributed by atoms with Crippen LogP contribution in [-0.2, 0) is 9.53 Å². The molecule has 4 heteroatoms. The van der Waals surface area contributed by atoms with Gasteiger partial charge in [0.15, 0.2) is 0 Å². The first kappa shape index (κ1) is 10.7. The van der Waals surface area contributed by atoms with Gasteiger partial charge < -0.3 is 10.5 Å². The lowest BCUT2D eigenvalue weighted by molar-refractivity contribution is -0.120. The summed E-state index contributed by atoms with van der Waals surface area (Å²) in [6.07, 6.45) is -0.297. The molecule has 1 amide bonds. The fraction of sp³-hybridized carbons (Fsp3) is 0.857. The monoisotopic (exact) mass is 179 g/mol. The molecule has 66 valence electrons. The average molecular weight is 180 g/mol. The van der Waals surface area contributed by atoms with E-state index in [1.54, 1.807) is 0 Å². The minimum atomic E-state index is -0.736. The second-order valence-corrected chi connectivity index (χ2v) is 3.22. The average Bonchev–Trinajstić information content (AvgIpc) is 1.88. The van der Waals surface area contributed by atoms with Gasteiger partial charge in [-0.1, -0.05) is 13.8 Å². The van der Waals surface area contributed by atoms with Crippen LogP contribution < -0.4 is 5.73 Å². The molecule has 0 aromatic heterocycles. The van der Waals surface area contributed by atoms with Crippen LogP contribution in [0.3, 0.4) is 0 Å². The van der Waals surface area contributed by atoms with E-state index in [0.29, 0.717) is 0 Å². The Balaban J connectivity index is 4.13. The number of rotatable bonds is 4. The lowest BCUT2D eigenvalue weighted by Gasteiger charge is -2.21. The van der Waals surface area contributed by atoms with Gasteiger partial charge in [0.25, 0.3) is 0 Å². The number of nitrogens with two attached hydrogens (primary N) is 1. The number of hydrogen-bond acceptors (Lipinski definition) is 2. The molecule has 0 spiro atoms. The van der Waals surface area contributed by atoms with Crippen LogP contribution in [-0.4, -0.2) is 24.5 Å². The van der Waals surface area contributed by atoms with E-state index in [1.165, 1.54) is 7.11 Å². The standard InChI is InChI=1S/C7H14ClNO2/c1-4(2)6(11-3)5(8)7(9)10/h4-6H,1-3H3,(H2,9,10). The number of alkyl halides is 1. The maximum absolute atomic E-state index is 10.6. The van der Waals surface area contributed by atoms with Gasteiger partial charge in [0.2, 0.25) is 5.91 Å². The Morgan fingerprint density at radius 3 is 2.09 bits per heavy atom. The topological polar surface area (TPSA) is 52.3 Å². The highest BCUT2D eigenvalue weighted by atomic mass is 35.5. The van der Waals surface area contributed by atoms with Gasteiger partial charge in [0.05, 0.1) is 6.10 Å². The largest absolute Gasteiger partial charge is 0.379 e. The minimum Gasteiger partial charge on any atom is -0.379 e. The molecule has 0 aromatic carbocycles. The Morgan fingerprint density at radius 1 is 1.55 bits per heavy atom. The summed E-state index contributed by atoms with van der Waals surface area (Å²) in [5.74, 6) is -0.345. The van der Waals surface area contributed by atoms with Crippen LogP contribution >= 0.6 is 11.6 Å². The highest BCUT2D eigenvalue weighted by molar-refractivity contribution is 6.31. The Hall–Kier alpha value is -0.280. The summed E-state index contributed by atoms with van der Waals surface area (Å²) in [6.45, 7) is 3.85. The predicted molar refractivity (Wildman–Crippen MR) is 44.5 cm³/mol. The molecule has 0 heterocycles. The smallest absolute Gasteiger partial charge is 0.238 e. The minimum absolute atomic E-state index is 0.190. The number of primary amides is 1. The van der Waals surface area contributed by atoms with Crippen molar-refractivity contribution in [2.24, 2.45) is 11.7 Å². The molecular formula is C7H14ClNO2. The van der Waals surface area contributed by atoms with Crippen LogP contribution in [0.4, 0.5) is 0 Å². The third-order valence-corrected chi connectivity index (χ3v) is 1.95. The zero-order valence-electron chi connectivity index (χ0n) is 7.00. The maximum atomic E-state index is 10.6. The Bertz CT molecular complexity index is 138. The number of amides is 1. The summed E-state index contributed by atoms with van der Waals surface area (Å²) in [7, 11) is 1.52. The highest BCUT2D eigenvalue weighted by Gasteiger charge is 2.26. The second kappa shape index (κ2) is 4.57. The Morgan fingerprint density at radius 2 is 2.00 bits per heavy atom. The highest BCUT2D eigenvalue weighted by Crippen LogP contribution is 2.14. The first-order valence-corrected chi connectivity index (χ1v) is 3.90. The van der Waals surface area contributed by atoms with Crippen LogP contribution in [0.2, 0.25) is 0 Å². The molecule has 0 saturated carbocycles. The molecule has 0 aliphatic rings. The molecule has 0 rings (SSSR count). The molecule has 0 aromatic rings. The summed E-state index contributed by atoms with van der Waals surface area (Å²) >= 11 is 5.68. The molecule has 11 heavy (non-hydrogen) atoms. The lowest BCUT2D eigenvalue weighted by Crippen LogP contribution is -2.38. The molecule has 0 bridgehead atoms. The van der Waals surface area contributed by atoms with Gasteiger partial charge in [-0.3, -0.25) is 4.79 Å². The van der Waals surface area contributed by atoms with Crippen molar-refractivity contribution in [2.45, 2.75) is 25.3 Å². The van der Waals surface area contributed by atoms with Gasteiger partial charge in [-0.25, -0.2) is 0 Å². The van der Waals surface area contributed by atoms with E-state index in [9.17, 15) is 4.79 Å². The van der Waals surface area contributed by atoms with E-state index < -0.39 is 11.3 Å². The SMILES string of the molecule is COC(C(C)C)C(Cl)C(N)=O. The van der Waals surface area contributed by atoms with Crippen molar-refractivity contribution in [1.29, 1.82) is 0 Å². The summed E-state index contributed by atoms with van der Waals surface area (Å²) in [5, 5.41) is -0.736. The molecule has 0 aliphatic heterocycles. The summed E-state index contributed by atoms with van der Waals surface area (Å²) < 4.78 is 5.00. The lowest BCUT2D eigenvalue weighted by atomic mass is 10.0.